The van der Waals surface area contributed by atoms with Crippen LogP contribution in [0.1, 0.15) is 10.4 Å². The Bertz CT molecular complexity index is 887. The van der Waals surface area contributed by atoms with Crippen LogP contribution >= 0.6 is 11.6 Å². The summed E-state index contributed by atoms with van der Waals surface area (Å²) in [5.41, 5.74) is 0.385. The fourth-order valence-electron chi connectivity index (χ4n) is 2.31. The molecule has 2 rings (SSSR count). The number of hydrogen-bond donors (Lipinski definition) is 1. The Balaban J connectivity index is 1.91. The number of benzene rings is 2. The van der Waals surface area contributed by atoms with E-state index in [1.807, 2.05) is 12.1 Å². The molecule has 152 valence electrons. The summed E-state index contributed by atoms with van der Waals surface area (Å²) >= 11 is 6.02. The molecule has 0 aromatic heterocycles. The van der Waals surface area contributed by atoms with Crippen LogP contribution in [0.4, 0.5) is 0 Å². The molecule has 0 aliphatic rings. The van der Waals surface area contributed by atoms with Crippen molar-refractivity contribution in [2.24, 2.45) is 0 Å². The highest BCUT2D eigenvalue weighted by atomic mass is 35.5. The van der Waals surface area contributed by atoms with Crippen molar-refractivity contribution in [1.82, 2.24) is 9.62 Å². The maximum absolute atomic E-state index is 12.5. The molecule has 1 N–H and O–H groups in total. The summed E-state index contributed by atoms with van der Waals surface area (Å²) < 4.78 is 37.1. The molecule has 2 aromatic rings. The third-order valence-electron chi connectivity index (χ3n) is 3.88. The maximum Gasteiger partial charge on any atom is 0.253 e. The monoisotopic (exact) mass is 426 g/mol. The molecule has 0 atom stereocenters. The van der Waals surface area contributed by atoms with Gasteiger partial charge in [-0.3, -0.25) is 4.79 Å². The van der Waals surface area contributed by atoms with Crippen molar-refractivity contribution in [2.45, 2.75) is 4.90 Å². The molecule has 1 amide bonds. The molecule has 0 saturated carbocycles. The Morgan fingerprint density at radius 1 is 1.11 bits per heavy atom. The van der Waals surface area contributed by atoms with Crippen molar-refractivity contribution in [3.05, 3.63) is 59.1 Å². The van der Waals surface area contributed by atoms with Gasteiger partial charge >= 0.3 is 0 Å². The van der Waals surface area contributed by atoms with Gasteiger partial charge in [0.15, 0.2) is 0 Å². The van der Waals surface area contributed by atoms with Crippen molar-refractivity contribution < 1.29 is 22.7 Å². The second kappa shape index (κ2) is 10.4. The lowest BCUT2D eigenvalue weighted by molar-refractivity contribution is 0.0773. The fourth-order valence-corrected chi connectivity index (χ4v) is 3.52. The molecule has 0 heterocycles. The summed E-state index contributed by atoms with van der Waals surface area (Å²) in [6.07, 6.45) is 0. The van der Waals surface area contributed by atoms with Gasteiger partial charge < -0.3 is 14.4 Å². The van der Waals surface area contributed by atoms with Crippen molar-refractivity contribution >= 4 is 27.5 Å². The van der Waals surface area contributed by atoms with E-state index < -0.39 is 10.0 Å². The van der Waals surface area contributed by atoms with E-state index in [1.165, 1.54) is 36.3 Å². The molecule has 0 aliphatic carbocycles. The summed E-state index contributed by atoms with van der Waals surface area (Å²) in [6, 6.07) is 12.9. The molecule has 0 radical (unpaired) electrons. The van der Waals surface area contributed by atoms with Gasteiger partial charge in [0.25, 0.3) is 5.91 Å². The van der Waals surface area contributed by atoms with Gasteiger partial charge in [-0.05, 0) is 36.4 Å². The summed E-state index contributed by atoms with van der Waals surface area (Å²) in [5, 5.41) is 0.507. The minimum atomic E-state index is -3.63. The van der Waals surface area contributed by atoms with Gasteiger partial charge in [0.2, 0.25) is 10.0 Å². The molecular weight excluding hydrogens is 404 g/mol. The van der Waals surface area contributed by atoms with Gasteiger partial charge in [-0.2, -0.15) is 0 Å². The van der Waals surface area contributed by atoms with Crippen LogP contribution in [0, 0.1) is 0 Å². The fraction of sp³-hybridized carbons (Fsp3) is 0.316. The summed E-state index contributed by atoms with van der Waals surface area (Å²) in [7, 11) is -0.493. The quantitative estimate of drug-likeness (QED) is 0.590. The summed E-state index contributed by atoms with van der Waals surface area (Å²) in [5.74, 6) is 0.319. The SMILES string of the molecule is COCCNS(=O)(=O)c1ccc(C(=O)N(C)CCOc2ccccc2Cl)cc1. The molecule has 0 unspecified atom stereocenters. The first-order valence-corrected chi connectivity index (χ1v) is 10.4. The Kier molecular flexibility index (Phi) is 8.25. The normalized spacial score (nSPS) is 11.2. The van der Waals surface area contributed by atoms with Crippen molar-refractivity contribution in [3.63, 3.8) is 0 Å². The molecule has 0 bridgehead atoms. The van der Waals surface area contributed by atoms with Crippen molar-refractivity contribution in [1.29, 1.82) is 0 Å². The summed E-state index contributed by atoms with van der Waals surface area (Å²) in [4.78, 5) is 14.1. The van der Waals surface area contributed by atoms with Crippen LogP contribution in [0.25, 0.3) is 0 Å². The van der Waals surface area contributed by atoms with Crippen molar-refractivity contribution in [3.8, 4) is 5.75 Å². The molecule has 0 aliphatic heterocycles. The van der Waals surface area contributed by atoms with Crippen LogP contribution in [0.2, 0.25) is 5.02 Å². The summed E-state index contributed by atoms with van der Waals surface area (Å²) in [6.45, 7) is 1.08. The lowest BCUT2D eigenvalue weighted by Gasteiger charge is -2.18. The first kappa shape index (κ1) is 22.2. The van der Waals surface area contributed by atoms with E-state index in [0.717, 1.165) is 0 Å². The molecule has 0 saturated heterocycles. The Hall–Kier alpha value is -2.13. The highest BCUT2D eigenvalue weighted by Crippen LogP contribution is 2.22. The van der Waals surface area contributed by atoms with Crippen molar-refractivity contribution in [2.75, 3.05) is 40.5 Å². The predicted octanol–water partition coefficient (Wildman–Crippen LogP) is 2.42. The molecule has 9 heteroatoms. The van der Waals surface area contributed by atoms with E-state index in [0.29, 0.717) is 22.9 Å². The highest BCUT2D eigenvalue weighted by Gasteiger charge is 2.16. The Labute approximate surface area is 170 Å². The van der Waals surface area contributed by atoms with Crippen LogP contribution in [-0.2, 0) is 14.8 Å². The van der Waals surface area contributed by atoms with Crippen LogP contribution < -0.4 is 9.46 Å². The molecule has 7 nitrogen and oxygen atoms in total. The predicted molar refractivity (Wildman–Crippen MR) is 107 cm³/mol. The number of rotatable bonds is 10. The zero-order valence-electron chi connectivity index (χ0n) is 15.7. The van der Waals surface area contributed by atoms with Crippen LogP contribution in [0.5, 0.6) is 5.75 Å². The molecule has 0 fully saturated rings. The number of nitrogens with one attached hydrogen (secondary N) is 1. The van der Waals surface area contributed by atoms with Gasteiger partial charge in [-0.25, -0.2) is 13.1 Å². The number of carbonyl (C=O) groups is 1. The number of para-hydroxylation sites is 1. The Morgan fingerprint density at radius 3 is 2.43 bits per heavy atom. The van der Waals surface area contributed by atoms with E-state index in [2.05, 4.69) is 4.72 Å². The van der Waals surface area contributed by atoms with E-state index in [4.69, 9.17) is 21.1 Å². The number of ether oxygens (including phenoxy) is 2. The van der Waals surface area contributed by atoms with Crippen LogP contribution in [-0.4, -0.2) is 59.7 Å². The number of carbonyl (C=O) groups excluding carboxylic acids is 1. The van der Waals surface area contributed by atoms with Gasteiger partial charge in [-0.15, -0.1) is 0 Å². The number of likely N-dealkylation sites (N-methyl/N-ethyl adjacent to an activating group) is 1. The zero-order chi connectivity index (χ0) is 20.6. The molecular formula is C19H23ClN2O5S. The second-order valence-corrected chi connectivity index (χ2v) is 8.09. The van der Waals surface area contributed by atoms with E-state index >= 15 is 0 Å². The third kappa shape index (κ3) is 6.20. The lowest BCUT2D eigenvalue weighted by atomic mass is 10.2. The lowest BCUT2D eigenvalue weighted by Crippen LogP contribution is -2.31. The number of halogens is 1. The number of nitrogens with zero attached hydrogens (tertiary/aromatic N) is 1. The maximum atomic E-state index is 12.5. The average molecular weight is 427 g/mol. The van der Waals surface area contributed by atoms with E-state index in [-0.39, 0.29) is 30.6 Å². The molecule has 28 heavy (non-hydrogen) atoms. The smallest absolute Gasteiger partial charge is 0.253 e. The zero-order valence-corrected chi connectivity index (χ0v) is 17.3. The highest BCUT2D eigenvalue weighted by molar-refractivity contribution is 7.89. The minimum Gasteiger partial charge on any atom is -0.490 e. The van der Waals surface area contributed by atoms with Gasteiger partial charge in [0, 0.05) is 26.3 Å². The standard InChI is InChI=1S/C19H23ClN2O5S/c1-22(12-14-27-18-6-4-3-5-17(18)20)19(23)15-7-9-16(10-8-15)28(24,25)21-11-13-26-2/h3-10,21H,11-14H2,1-2H3. The van der Waals surface area contributed by atoms with Crippen LogP contribution in [0.15, 0.2) is 53.4 Å². The first-order valence-electron chi connectivity index (χ1n) is 8.56. The number of sulfonamides is 1. The van der Waals surface area contributed by atoms with Crippen LogP contribution in [0.3, 0.4) is 0 Å². The number of amides is 1. The minimum absolute atomic E-state index is 0.0878. The average Bonchev–Trinajstić information content (AvgIpc) is 2.69. The molecule has 0 spiro atoms. The van der Waals surface area contributed by atoms with Gasteiger partial charge in [0.05, 0.1) is 23.1 Å². The second-order valence-electron chi connectivity index (χ2n) is 5.92. The number of hydrogen-bond acceptors (Lipinski definition) is 5. The van der Waals surface area contributed by atoms with Gasteiger partial charge in [0.1, 0.15) is 12.4 Å². The largest absolute Gasteiger partial charge is 0.490 e. The number of methoxy groups -OCH3 is 1. The van der Waals surface area contributed by atoms with E-state index in [9.17, 15) is 13.2 Å². The first-order chi connectivity index (χ1) is 13.3. The third-order valence-corrected chi connectivity index (χ3v) is 5.67. The van der Waals surface area contributed by atoms with Gasteiger partial charge in [-0.1, -0.05) is 23.7 Å². The van der Waals surface area contributed by atoms with E-state index in [1.54, 1.807) is 19.2 Å². The molecule has 2 aromatic carbocycles. The topological polar surface area (TPSA) is 84.9 Å². The Morgan fingerprint density at radius 2 is 1.79 bits per heavy atom.